The van der Waals surface area contributed by atoms with Crippen LogP contribution in [0.15, 0.2) is 91.0 Å². The van der Waals surface area contributed by atoms with E-state index in [9.17, 15) is 0 Å². The molecular weight excluding hydrogens is 332 g/mol. The van der Waals surface area contributed by atoms with Crippen molar-refractivity contribution < 1.29 is 4.43 Å². The van der Waals surface area contributed by atoms with Gasteiger partial charge in [-0.2, -0.15) is 0 Å². The molecule has 0 atom stereocenters. The molecule has 0 aromatic heterocycles. The molecule has 3 aromatic rings. The maximum Gasteiger partial charge on any atom is 0.261 e. The Bertz CT molecular complexity index is 752. The molecule has 2 heteroatoms. The van der Waals surface area contributed by atoms with E-state index in [2.05, 4.69) is 112 Å². The summed E-state index contributed by atoms with van der Waals surface area (Å²) in [4.78, 5) is 0. The smallest absolute Gasteiger partial charge is 0.261 e. The molecule has 1 nitrogen and oxygen atoms in total. The van der Waals surface area contributed by atoms with E-state index in [1.165, 1.54) is 15.9 Å². The maximum atomic E-state index is 6.91. The predicted octanol–water partition coefficient (Wildman–Crippen LogP) is 4.81. The average molecular weight is 361 g/mol. The second-order valence-corrected chi connectivity index (χ2v) is 12.1. The van der Waals surface area contributed by atoms with Crippen molar-refractivity contribution in [2.75, 3.05) is 6.61 Å². The molecule has 3 rings (SSSR count). The lowest BCUT2D eigenvalue weighted by atomic mass is 10.2. The largest absolute Gasteiger partial charge is 0.407 e. The zero-order valence-corrected chi connectivity index (χ0v) is 17.0. The Morgan fingerprint density at radius 1 is 0.654 bits per heavy atom. The number of hydrogen-bond donors (Lipinski definition) is 0. The summed E-state index contributed by atoms with van der Waals surface area (Å²) in [6.45, 7) is 7.70. The predicted molar refractivity (Wildman–Crippen MR) is 114 cm³/mol. The van der Waals surface area contributed by atoms with Crippen LogP contribution in [0, 0.1) is 0 Å². The first-order valence-electron chi connectivity index (χ1n) is 9.33. The van der Waals surface area contributed by atoms with Crippen LogP contribution in [-0.2, 0) is 10.8 Å². The van der Waals surface area contributed by atoms with Crippen molar-refractivity contribution in [2.24, 2.45) is 0 Å². The lowest BCUT2D eigenvalue weighted by Gasteiger charge is -2.43. The SMILES string of the molecule is CC(C)(C)[Si](OCCc1ccccc1)(c1ccccc1)c1ccccc1. The molecule has 0 amide bonds. The Balaban J connectivity index is 2.00. The van der Waals surface area contributed by atoms with Crippen molar-refractivity contribution >= 4 is 18.7 Å². The first-order valence-corrected chi connectivity index (χ1v) is 11.2. The summed E-state index contributed by atoms with van der Waals surface area (Å²) in [6.07, 6.45) is 0.936. The molecule has 0 fully saturated rings. The zero-order valence-electron chi connectivity index (χ0n) is 16.0. The molecule has 0 N–H and O–H groups in total. The van der Waals surface area contributed by atoms with E-state index in [1.54, 1.807) is 0 Å². The van der Waals surface area contributed by atoms with E-state index in [4.69, 9.17) is 4.43 Å². The van der Waals surface area contributed by atoms with Gasteiger partial charge in [0.05, 0.1) is 0 Å². The highest BCUT2D eigenvalue weighted by Gasteiger charge is 2.49. The number of rotatable bonds is 6. The van der Waals surface area contributed by atoms with Gasteiger partial charge in [-0.25, -0.2) is 0 Å². The van der Waals surface area contributed by atoms with Gasteiger partial charge in [0.25, 0.3) is 8.32 Å². The summed E-state index contributed by atoms with van der Waals surface area (Å²) in [6, 6.07) is 32.3. The van der Waals surface area contributed by atoms with Crippen LogP contribution in [0.1, 0.15) is 26.3 Å². The third-order valence-corrected chi connectivity index (χ3v) is 10.0. The molecule has 0 saturated heterocycles. The van der Waals surface area contributed by atoms with Crippen molar-refractivity contribution in [3.8, 4) is 0 Å². The highest BCUT2D eigenvalue weighted by molar-refractivity contribution is 6.99. The Hall–Kier alpha value is -2.16. The van der Waals surface area contributed by atoms with Crippen LogP contribution in [0.25, 0.3) is 0 Å². The first kappa shape index (κ1) is 18.6. The molecule has 0 saturated carbocycles. The van der Waals surface area contributed by atoms with Crippen LogP contribution >= 0.6 is 0 Å². The fourth-order valence-corrected chi connectivity index (χ4v) is 8.29. The summed E-state index contributed by atoms with van der Waals surface area (Å²) in [7, 11) is -2.40. The van der Waals surface area contributed by atoms with E-state index in [1.807, 2.05) is 0 Å². The molecule has 0 unspecified atom stereocenters. The van der Waals surface area contributed by atoms with Crippen LogP contribution in [0.3, 0.4) is 0 Å². The molecule has 0 bridgehead atoms. The van der Waals surface area contributed by atoms with Gasteiger partial charge in [0.2, 0.25) is 0 Å². The highest BCUT2D eigenvalue weighted by Crippen LogP contribution is 2.36. The number of benzene rings is 3. The van der Waals surface area contributed by atoms with E-state index in [-0.39, 0.29) is 5.04 Å². The monoisotopic (exact) mass is 360 g/mol. The van der Waals surface area contributed by atoms with Gasteiger partial charge in [0.15, 0.2) is 0 Å². The molecule has 0 spiro atoms. The molecule has 3 aromatic carbocycles. The third-order valence-electron chi connectivity index (χ3n) is 4.97. The van der Waals surface area contributed by atoms with Crippen molar-refractivity contribution in [3.63, 3.8) is 0 Å². The zero-order chi connectivity index (χ0) is 18.5. The van der Waals surface area contributed by atoms with Gasteiger partial charge >= 0.3 is 0 Å². The lowest BCUT2D eigenvalue weighted by molar-refractivity contribution is 0.302. The van der Waals surface area contributed by atoms with Crippen molar-refractivity contribution in [2.45, 2.75) is 32.2 Å². The van der Waals surface area contributed by atoms with Gasteiger partial charge in [-0.3, -0.25) is 0 Å². The highest BCUT2D eigenvalue weighted by atomic mass is 28.4. The van der Waals surface area contributed by atoms with E-state index in [0.717, 1.165) is 13.0 Å². The van der Waals surface area contributed by atoms with Gasteiger partial charge in [0.1, 0.15) is 0 Å². The summed E-state index contributed by atoms with van der Waals surface area (Å²) >= 11 is 0. The molecule has 0 radical (unpaired) electrons. The minimum absolute atomic E-state index is 0.0341. The van der Waals surface area contributed by atoms with E-state index >= 15 is 0 Å². The van der Waals surface area contributed by atoms with Crippen molar-refractivity contribution in [3.05, 3.63) is 96.6 Å². The maximum absolute atomic E-state index is 6.91. The standard InChI is InChI=1S/C24H28OSi/c1-24(2,3)26(22-15-9-5-10-16-22,23-17-11-6-12-18-23)25-20-19-21-13-7-4-8-14-21/h4-18H,19-20H2,1-3H3. The Morgan fingerprint density at radius 2 is 1.08 bits per heavy atom. The normalized spacial score (nSPS) is 12.1. The molecule has 0 aliphatic rings. The van der Waals surface area contributed by atoms with Crippen LogP contribution in [0.2, 0.25) is 5.04 Å². The number of hydrogen-bond acceptors (Lipinski definition) is 1. The summed E-state index contributed by atoms with van der Waals surface area (Å²) in [5.74, 6) is 0. The minimum atomic E-state index is -2.40. The minimum Gasteiger partial charge on any atom is -0.407 e. The van der Waals surface area contributed by atoms with Gasteiger partial charge in [0, 0.05) is 6.61 Å². The van der Waals surface area contributed by atoms with Crippen molar-refractivity contribution in [1.29, 1.82) is 0 Å². The molecule has 0 aliphatic heterocycles. The lowest BCUT2D eigenvalue weighted by Crippen LogP contribution is -2.66. The summed E-state index contributed by atoms with van der Waals surface area (Å²) < 4.78 is 6.91. The third kappa shape index (κ3) is 3.82. The van der Waals surface area contributed by atoms with Crippen LogP contribution < -0.4 is 10.4 Å². The van der Waals surface area contributed by atoms with Crippen LogP contribution in [-0.4, -0.2) is 14.9 Å². The van der Waals surface area contributed by atoms with Gasteiger partial charge < -0.3 is 4.43 Å². The molecule has 0 heterocycles. The molecular formula is C24H28OSi. The Kier molecular flexibility index (Phi) is 5.75. The molecule has 134 valence electrons. The van der Waals surface area contributed by atoms with Gasteiger partial charge in [-0.1, -0.05) is 112 Å². The van der Waals surface area contributed by atoms with Gasteiger partial charge in [-0.05, 0) is 27.4 Å². The fraction of sp³-hybridized carbons (Fsp3) is 0.250. The van der Waals surface area contributed by atoms with Gasteiger partial charge in [-0.15, -0.1) is 0 Å². The van der Waals surface area contributed by atoms with Crippen LogP contribution in [0.4, 0.5) is 0 Å². The Morgan fingerprint density at radius 3 is 1.50 bits per heavy atom. The second kappa shape index (κ2) is 8.03. The van der Waals surface area contributed by atoms with Crippen LogP contribution in [0.5, 0.6) is 0 Å². The molecule has 0 aliphatic carbocycles. The Labute approximate surface area is 158 Å². The fourth-order valence-electron chi connectivity index (χ4n) is 3.73. The topological polar surface area (TPSA) is 9.23 Å². The first-order chi connectivity index (χ1) is 12.5. The van der Waals surface area contributed by atoms with E-state index < -0.39 is 8.32 Å². The summed E-state index contributed by atoms with van der Waals surface area (Å²) in [5.41, 5.74) is 1.32. The second-order valence-electron chi connectivity index (χ2n) is 7.75. The van der Waals surface area contributed by atoms with Crippen molar-refractivity contribution in [1.82, 2.24) is 0 Å². The molecule has 26 heavy (non-hydrogen) atoms. The summed E-state index contributed by atoms with van der Waals surface area (Å²) in [5, 5.41) is 2.71. The average Bonchev–Trinajstić information content (AvgIpc) is 2.66. The quantitative estimate of drug-likeness (QED) is 0.574. The van der Waals surface area contributed by atoms with E-state index in [0.29, 0.717) is 0 Å².